The second-order valence-electron chi connectivity index (χ2n) is 4.68. The van der Waals surface area contributed by atoms with Gasteiger partial charge in [-0.15, -0.1) is 0 Å². The van der Waals surface area contributed by atoms with Crippen molar-refractivity contribution in [3.8, 4) is 0 Å². The molecule has 1 fully saturated rings. The number of ether oxygens (including phenoxy) is 1. The summed E-state index contributed by atoms with van der Waals surface area (Å²) in [5, 5.41) is 0. The average Bonchev–Trinajstić information content (AvgIpc) is 2.79. The van der Waals surface area contributed by atoms with Crippen molar-refractivity contribution in [3.05, 3.63) is 35.9 Å². The first-order valence-electron chi connectivity index (χ1n) is 6.45. The van der Waals surface area contributed by atoms with Crippen LogP contribution in [0, 0.1) is 0 Å². The molecule has 98 valence electrons. The Hall–Kier alpha value is -1.55. The van der Waals surface area contributed by atoms with E-state index < -0.39 is 6.09 Å². The lowest BCUT2D eigenvalue weighted by molar-refractivity contribution is 0.104. The van der Waals surface area contributed by atoms with E-state index >= 15 is 0 Å². The molecule has 1 aromatic carbocycles. The van der Waals surface area contributed by atoms with Gasteiger partial charge in [0.1, 0.15) is 6.10 Å². The number of carbonyl (C=O) groups is 1. The summed E-state index contributed by atoms with van der Waals surface area (Å²) in [7, 11) is 0. The number of primary amides is 1. The largest absolute Gasteiger partial charge is 0.445 e. The molecule has 1 aliphatic rings. The van der Waals surface area contributed by atoms with Crippen molar-refractivity contribution in [1.82, 2.24) is 4.90 Å². The molecular formula is C14H20N2O2. The molecule has 2 N–H and O–H groups in total. The number of hydrogen-bond donors (Lipinski definition) is 1. The number of nitrogens with zero attached hydrogens (tertiary/aromatic N) is 1. The fourth-order valence-electron chi connectivity index (χ4n) is 2.68. The Labute approximate surface area is 108 Å². The van der Waals surface area contributed by atoms with Gasteiger partial charge in [-0.2, -0.15) is 0 Å². The van der Waals surface area contributed by atoms with Crippen LogP contribution in [0.4, 0.5) is 4.79 Å². The highest BCUT2D eigenvalue weighted by Gasteiger charge is 2.29. The van der Waals surface area contributed by atoms with Gasteiger partial charge in [-0.1, -0.05) is 37.3 Å². The van der Waals surface area contributed by atoms with E-state index in [4.69, 9.17) is 10.5 Å². The van der Waals surface area contributed by atoms with E-state index in [0.29, 0.717) is 6.04 Å². The van der Waals surface area contributed by atoms with Crippen molar-refractivity contribution in [3.63, 3.8) is 0 Å². The highest BCUT2D eigenvalue weighted by molar-refractivity contribution is 5.64. The molecule has 2 rings (SSSR count). The van der Waals surface area contributed by atoms with Gasteiger partial charge in [-0.05, 0) is 18.4 Å². The van der Waals surface area contributed by atoms with Gasteiger partial charge in [0, 0.05) is 19.1 Å². The maximum Gasteiger partial charge on any atom is 0.404 e. The lowest BCUT2D eigenvalue weighted by Gasteiger charge is -2.27. The van der Waals surface area contributed by atoms with E-state index in [1.807, 2.05) is 6.07 Å². The van der Waals surface area contributed by atoms with Gasteiger partial charge >= 0.3 is 6.09 Å². The van der Waals surface area contributed by atoms with Gasteiger partial charge in [-0.25, -0.2) is 4.79 Å². The zero-order valence-electron chi connectivity index (χ0n) is 10.7. The van der Waals surface area contributed by atoms with Gasteiger partial charge < -0.3 is 10.5 Å². The number of hydrogen-bond acceptors (Lipinski definition) is 3. The maximum atomic E-state index is 10.8. The molecule has 18 heavy (non-hydrogen) atoms. The van der Waals surface area contributed by atoms with Crippen molar-refractivity contribution < 1.29 is 9.53 Å². The smallest absolute Gasteiger partial charge is 0.404 e. The van der Waals surface area contributed by atoms with Crippen molar-refractivity contribution in [1.29, 1.82) is 0 Å². The number of nitrogens with two attached hydrogens (primary N) is 1. The van der Waals surface area contributed by atoms with Crippen molar-refractivity contribution in [2.24, 2.45) is 5.73 Å². The molecule has 4 nitrogen and oxygen atoms in total. The maximum absolute atomic E-state index is 10.8. The Balaban J connectivity index is 2.00. The summed E-state index contributed by atoms with van der Waals surface area (Å²) in [5.74, 6) is 0. The number of carbonyl (C=O) groups excluding carboxylic acids is 1. The molecule has 2 atom stereocenters. The molecule has 0 spiro atoms. The third-order valence-electron chi connectivity index (χ3n) is 3.47. The summed E-state index contributed by atoms with van der Waals surface area (Å²) in [4.78, 5) is 13.1. The zero-order valence-corrected chi connectivity index (χ0v) is 10.7. The monoisotopic (exact) mass is 248 g/mol. The molecule has 0 aliphatic carbocycles. The summed E-state index contributed by atoms with van der Waals surface area (Å²) in [6, 6.07) is 10.8. The first-order chi connectivity index (χ1) is 8.70. The number of rotatable bonds is 4. The minimum Gasteiger partial charge on any atom is -0.445 e. The van der Waals surface area contributed by atoms with Crippen LogP contribution in [-0.4, -0.2) is 30.2 Å². The Morgan fingerprint density at radius 1 is 1.50 bits per heavy atom. The van der Waals surface area contributed by atoms with E-state index in [1.165, 1.54) is 5.56 Å². The predicted octanol–water partition coefficient (Wildman–Crippen LogP) is 2.31. The van der Waals surface area contributed by atoms with Gasteiger partial charge in [0.25, 0.3) is 0 Å². The lowest BCUT2D eigenvalue weighted by atomic mass is 10.0. The highest BCUT2D eigenvalue weighted by Crippen LogP contribution is 2.28. The van der Waals surface area contributed by atoms with Crippen LogP contribution in [0.25, 0.3) is 0 Å². The van der Waals surface area contributed by atoms with Gasteiger partial charge in [-0.3, -0.25) is 4.90 Å². The lowest BCUT2D eigenvalue weighted by Crippen LogP contribution is -2.29. The molecule has 0 aromatic heterocycles. The fourth-order valence-corrected chi connectivity index (χ4v) is 2.68. The van der Waals surface area contributed by atoms with Gasteiger partial charge in [0.05, 0.1) is 0 Å². The summed E-state index contributed by atoms with van der Waals surface area (Å²) in [6.45, 7) is 3.90. The summed E-state index contributed by atoms with van der Waals surface area (Å²) in [6.07, 6.45) is 1.19. The third kappa shape index (κ3) is 3.01. The normalized spacial score (nSPS) is 21.7. The standard InChI is InChI=1S/C14H20N2O2/c1-2-13(11-6-4-3-5-7-11)16-9-8-12(10-16)18-14(15)17/h3-7,12-13H,2,8-10H2,1H3,(H2,15,17)/t12-,13+/m0/s1. The highest BCUT2D eigenvalue weighted by atomic mass is 16.6. The first kappa shape index (κ1) is 12.9. The minimum atomic E-state index is -0.672. The van der Waals surface area contributed by atoms with Crippen LogP contribution in [-0.2, 0) is 4.74 Å². The molecule has 1 aliphatic heterocycles. The average molecular weight is 248 g/mol. The summed E-state index contributed by atoms with van der Waals surface area (Å²) >= 11 is 0. The van der Waals surface area contributed by atoms with Gasteiger partial charge in [0.2, 0.25) is 0 Å². The van der Waals surface area contributed by atoms with Crippen LogP contribution in [0.2, 0.25) is 0 Å². The van der Waals surface area contributed by atoms with E-state index in [-0.39, 0.29) is 6.10 Å². The van der Waals surface area contributed by atoms with Crippen molar-refractivity contribution in [2.75, 3.05) is 13.1 Å². The van der Waals surface area contributed by atoms with E-state index in [9.17, 15) is 4.79 Å². The Morgan fingerprint density at radius 2 is 2.22 bits per heavy atom. The molecule has 0 radical (unpaired) electrons. The number of benzene rings is 1. The minimum absolute atomic E-state index is 0.0553. The Bertz CT molecular complexity index is 394. The van der Waals surface area contributed by atoms with Crippen LogP contribution in [0.15, 0.2) is 30.3 Å². The van der Waals surface area contributed by atoms with Crippen molar-refractivity contribution >= 4 is 6.09 Å². The van der Waals surface area contributed by atoms with Crippen LogP contribution >= 0.6 is 0 Å². The second-order valence-corrected chi connectivity index (χ2v) is 4.68. The first-order valence-corrected chi connectivity index (χ1v) is 6.45. The van der Waals surface area contributed by atoms with Crippen LogP contribution in [0.1, 0.15) is 31.4 Å². The van der Waals surface area contributed by atoms with E-state index in [2.05, 4.69) is 36.1 Å². The molecule has 0 bridgehead atoms. The van der Waals surface area contributed by atoms with Gasteiger partial charge in [0.15, 0.2) is 0 Å². The third-order valence-corrected chi connectivity index (χ3v) is 3.47. The fraction of sp³-hybridized carbons (Fsp3) is 0.500. The van der Waals surface area contributed by atoms with Crippen LogP contribution in [0.3, 0.4) is 0 Å². The Kier molecular flexibility index (Phi) is 4.20. The molecule has 1 saturated heterocycles. The van der Waals surface area contributed by atoms with E-state index in [0.717, 1.165) is 25.9 Å². The zero-order chi connectivity index (χ0) is 13.0. The number of amides is 1. The summed E-state index contributed by atoms with van der Waals surface area (Å²) < 4.78 is 5.07. The quantitative estimate of drug-likeness (QED) is 0.889. The predicted molar refractivity (Wildman–Crippen MR) is 70.1 cm³/mol. The molecular weight excluding hydrogens is 228 g/mol. The Morgan fingerprint density at radius 3 is 2.83 bits per heavy atom. The van der Waals surface area contributed by atoms with E-state index in [1.54, 1.807) is 0 Å². The molecule has 1 heterocycles. The molecule has 1 amide bonds. The topological polar surface area (TPSA) is 55.6 Å². The molecule has 0 saturated carbocycles. The number of likely N-dealkylation sites (tertiary alicyclic amines) is 1. The second kappa shape index (κ2) is 5.87. The summed E-state index contributed by atoms with van der Waals surface area (Å²) in [5.41, 5.74) is 6.38. The molecule has 4 heteroatoms. The van der Waals surface area contributed by atoms with Crippen LogP contribution < -0.4 is 5.73 Å². The SMILES string of the molecule is CC[C@H](c1ccccc1)N1CC[C@H](OC(N)=O)C1. The van der Waals surface area contributed by atoms with Crippen LogP contribution in [0.5, 0.6) is 0 Å². The molecule has 0 unspecified atom stereocenters. The van der Waals surface area contributed by atoms with Crippen molar-refractivity contribution in [2.45, 2.75) is 31.9 Å². The molecule has 1 aromatic rings.